The Labute approximate surface area is 195 Å². The number of halogens is 1. The van der Waals surface area contributed by atoms with Gasteiger partial charge in [-0.25, -0.2) is 4.39 Å². The third-order valence-corrected chi connectivity index (χ3v) is 4.81. The van der Waals surface area contributed by atoms with Crippen molar-refractivity contribution in [3.05, 3.63) is 66.5 Å². The van der Waals surface area contributed by atoms with Crippen LogP contribution in [0.3, 0.4) is 0 Å². The Balaban J connectivity index is 1.28. The average molecular weight is 465 g/mol. The maximum Gasteiger partial charge on any atom is 0.260 e. The van der Waals surface area contributed by atoms with Crippen molar-refractivity contribution in [3.63, 3.8) is 0 Å². The molecule has 0 radical (unpaired) electrons. The topological polar surface area (TPSA) is 99.9 Å². The molecule has 1 atom stereocenters. The molecule has 1 unspecified atom stereocenters. The number of amides is 1. The molecule has 0 spiro atoms. The first kappa shape index (κ1) is 23.0. The molecule has 10 heteroatoms. The summed E-state index contributed by atoms with van der Waals surface area (Å²) in [6, 6.07) is 16.4. The van der Waals surface area contributed by atoms with Gasteiger partial charge in [0.1, 0.15) is 23.9 Å². The van der Waals surface area contributed by atoms with Gasteiger partial charge >= 0.3 is 0 Å². The molecule has 0 saturated heterocycles. The minimum Gasteiger partial charge on any atom is -0.494 e. The Morgan fingerprint density at radius 2 is 1.74 bits per heavy atom. The zero-order chi connectivity index (χ0) is 23.9. The first-order valence-electron chi connectivity index (χ1n) is 10.8. The molecule has 0 aliphatic rings. The second-order valence-corrected chi connectivity index (χ2v) is 7.28. The Morgan fingerprint density at radius 3 is 2.47 bits per heavy atom. The highest BCUT2D eigenvalue weighted by atomic mass is 19.1. The molecule has 9 nitrogen and oxygen atoms in total. The van der Waals surface area contributed by atoms with E-state index in [-0.39, 0.29) is 24.9 Å². The molecule has 2 heterocycles. The highest BCUT2D eigenvalue weighted by Crippen LogP contribution is 2.20. The maximum absolute atomic E-state index is 13.2. The van der Waals surface area contributed by atoms with Crippen LogP contribution in [-0.2, 0) is 4.79 Å². The highest BCUT2D eigenvalue weighted by molar-refractivity contribution is 5.80. The fraction of sp³-hybridized carbons (Fsp3) is 0.250. The van der Waals surface area contributed by atoms with Gasteiger partial charge < -0.3 is 19.5 Å². The Kier molecular flexibility index (Phi) is 7.16. The van der Waals surface area contributed by atoms with Crippen molar-refractivity contribution in [3.8, 4) is 28.8 Å². The largest absolute Gasteiger partial charge is 0.494 e. The Morgan fingerprint density at radius 1 is 1.00 bits per heavy atom. The number of benzene rings is 2. The van der Waals surface area contributed by atoms with Gasteiger partial charge in [-0.15, -0.1) is 15.3 Å². The molecule has 0 fully saturated rings. The van der Waals surface area contributed by atoms with Crippen LogP contribution in [0.1, 0.15) is 13.8 Å². The highest BCUT2D eigenvalue weighted by Gasteiger charge is 2.15. The SMILES string of the molecule is CCOc1ccc(OC(C)C(=O)NCCOc2ccc3nnc(-c4ccc(F)cc4)n3n2)cc1. The van der Waals surface area contributed by atoms with Crippen LogP contribution in [0.15, 0.2) is 60.7 Å². The van der Waals surface area contributed by atoms with Gasteiger partial charge in [-0.3, -0.25) is 4.79 Å². The first-order chi connectivity index (χ1) is 16.5. The summed E-state index contributed by atoms with van der Waals surface area (Å²) < 4.78 is 31.5. The molecule has 2 aromatic carbocycles. The van der Waals surface area contributed by atoms with Gasteiger partial charge in [0.2, 0.25) is 5.88 Å². The zero-order valence-electron chi connectivity index (χ0n) is 18.8. The number of carbonyl (C=O) groups is 1. The number of nitrogens with zero attached hydrogens (tertiary/aromatic N) is 4. The molecule has 0 aliphatic carbocycles. The van der Waals surface area contributed by atoms with Crippen LogP contribution in [0.25, 0.3) is 17.0 Å². The predicted octanol–water partition coefficient (Wildman–Crippen LogP) is 3.29. The number of aromatic nitrogens is 4. The van der Waals surface area contributed by atoms with Gasteiger partial charge in [0.15, 0.2) is 17.6 Å². The van der Waals surface area contributed by atoms with Crippen LogP contribution < -0.4 is 19.5 Å². The monoisotopic (exact) mass is 465 g/mol. The predicted molar refractivity (Wildman–Crippen MR) is 122 cm³/mol. The standard InChI is InChI=1S/C24H24FN5O4/c1-3-32-19-8-10-20(11-9-19)34-16(2)24(31)26-14-15-33-22-13-12-21-27-28-23(30(21)29-22)17-4-6-18(25)7-5-17/h4-13,16H,3,14-15H2,1-2H3,(H,26,31). The molecule has 1 amide bonds. The number of carbonyl (C=O) groups excluding carboxylic acids is 1. The van der Waals surface area contributed by atoms with Crippen LogP contribution in [0.5, 0.6) is 17.4 Å². The smallest absolute Gasteiger partial charge is 0.260 e. The molecule has 176 valence electrons. The first-order valence-corrected chi connectivity index (χ1v) is 10.8. The van der Waals surface area contributed by atoms with Crippen molar-refractivity contribution < 1.29 is 23.4 Å². The normalized spacial score (nSPS) is 11.7. The molecular formula is C24H24FN5O4. The molecule has 2 aromatic heterocycles. The van der Waals surface area contributed by atoms with Crippen molar-refractivity contribution in [2.75, 3.05) is 19.8 Å². The van der Waals surface area contributed by atoms with E-state index < -0.39 is 6.10 Å². The molecule has 0 aliphatic heterocycles. The summed E-state index contributed by atoms with van der Waals surface area (Å²) in [5.41, 5.74) is 1.20. The summed E-state index contributed by atoms with van der Waals surface area (Å²) in [4.78, 5) is 12.3. The Hall–Kier alpha value is -4.21. The van der Waals surface area contributed by atoms with Gasteiger partial charge in [-0.1, -0.05) is 0 Å². The summed E-state index contributed by atoms with van der Waals surface area (Å²) in [5, 5.41) is 15.3. The van der Waals surface area contributed by atoms with Crippen molar-refractivity contribution >= 4 is 11.6 Å². The average Bonchev–Trinajstić information content (AvgIpc) is 3.27. The van der Waals surface area contributed by atoms with Gasteiger partial charge in [-0.2, -0.15) is 4.52 Å². The van der Waals surface area contributed by atoms with Gasteiger partial charge in [0, 0.05) is 11.6 Å². The lowest BCUT2D eigenvalue weighted by atomic mass is 10.2. The molecule has 34 heavy (non-hydrogen) atoms. The summed E-state index contributed by atoms with van der Waals surface area (Å²) in [5.74, 6) is 1.52. The van der Waals surface area contributed by atoms with Crippen LogP contribution >= 0.6 is 0 Å². The van der Waals surface area contributed by atoms with E-state index >= 15 is 0 Å². The quantitative estimate of drug-likeness (QED) is 0.359. The fourth-order valence-electron chi connectivity index (χ4n) is 3.14. The van der Waals surface area contributed by atoms with Crippen molar-refractivity contribution in [2.45, 2.75) is 20.0 Å². The van der Waals surface area contributed by atoms with Crippen LogP contribution in [0.4, 0.5) is 4.39 Å². The third kappa shape index (κ3) is 5.58. The van der Waals surface area contributed by atoms with Crippen molar-refractivity contribution in [1.29, 1.82) is 0 Å². The summed E-state index contributed by atoms with van der Waals surface area (Å²) in [6.45, 7) is 4.63. The van der Waals surface area contributed by atoms with E-state index in [1.807, 2.05) is 6.92 Å². The molecule has 4 rings (SSSR count). The van der Waals surface area contributed by atoms with E-state index in [0.29, 0.717) is 35.3 Å². The van der Waals surface area contributed by atoms with Gasteiger partial charge in [0.05, 0.1) is 13.2 Å². The number of hydrogen-bond donors (Lipinski definition) is 1. The number of rotatable bonds is 10. The molecular weight excluding hydrogens is 441 g/mol. The van der Waals surface area contributed by atoms with Crippen molar-refractivity contribution in [2.24, 2.45) is 0 Å². The maximum atomic E-state index is 13.2. The van der Waals surface area contributed by atoms with E-state index in [4.69, 9.17) is 14.2 Å². The third-order valence-electron chi connectivity index (χ3n) is 4.81. The molecule has 1 N–H and O–H groups in total. The van der Waals surface area contributed by atoms with E-state index in [1.54, 1.807) is 55.5 Å². The van der Waals surface area contributed by atoms with Crippen LogP contribution in [0.2, 0.25) is 0 Å². The van der Waals surface area contributed by atoms with E-state index in [2.05, 4.69) is 20.6 Å². The minimum atomic E-state index is -0.678. The lowest BCUT2D eigenvalue weighted by molar-refractivity contribution is -0.127. The number of fused-ring (bicyclic) bond motifs is 1. The summed E-state index contributed by atoms with van der Waals surface area (Å²) in [7, 11) is 0. The van der Waals surface area contributed by atoms with E-state index in [0.717, 1.165) is 5.75 Å². The van der Waals surface area contributed by atoms with Crippen molar-refractivity contribution in [1.82, 2.24) is 25.1 Å². The Bertz CT molecular complexity index is 1240. The fourth-order valence-corrected chi connectivity index (χ4v) is 3.14. The summed E-state index contributed by atoms with van der Waals surface area (Å²) in [6.07, 6.45) is -0.678. The van der Waals surface area contributed by atoms with Gasteiger partial charge in [0.25, 0.3) is 5.91 Å². The van der Waals surface area contributed by atoms with Crippen LogP contribution in [-0.4, -0.2) is 51.6 Å². The zero-order valence-corrected chi connectivity index (χ0v) is 18.8. The number of ether oxygens (including phenoxy) is 3. The second-order valence-electron chi connectivity index (χ2n) is 7.28. The lowest BCUT2D eigenvalue weighted by Crippen LogP contribution is -2.38. The molecule has 4 aromatic rings. The summed E-state index contributed by atoms with van der Waals surface area (Å²) >= 11 is 0. The molecule has 0 bridgehead atoms. The minimum absolute atomic E-state index is 0.202. The van der Waals surface area contributed by atoms with Crippen LogP contribution in [0, 0.1) is 5.82 Å². The number of hydrogen-bond acceptors (Lipinski definition) is 7. The molecule has 0 saturated carbocycles. The van der Waals surface area contributed by atoms with Gasteiger partial charge in [-0.05, 0) is 68.4 Å². The number of nitrogens with one attached hydrogen (secondary N) is 1. The lowest BCUT2D eigenvalue weighted by Gasteiger charge is -2.15. The van der Waals surface area contributed by atoms with E-state index in [1.165, 1.54) is 16.6 Å². The second kappa shape index (κ2) is 10.6. The van der Waals surface area contributed by atoms with E-state index in [9.17, 15) is 9.18 Å².